The van der Waals surface area contributed by atoms with Crippen molar-refractivity contribution in [3.8, 4) is 0 Å². The zero-order valence-electron chi connectivity index (χ0n) is 8.86. The quantitative estimate of drug-likeness (QED) is 0.645. The van der Waals surface area contributed by atoms with Gasteiger partial charge in [-0.25, -0.2) is 9.67 Å². The standard InChI is InChI=1S/C9H18N4O/c1-10-7-9-11-8-12-13(9)5-3-4-6-14-2/h8,10H,3-7H2,1-2H3. The maximum Gasteiger partial charge on any atom is 0.140 e. The van der Waals surface area contributed by atoms with Gasteiger partial charge in [0.2, 0.25) is 0 Å². The highest BCUT2D eigenvalue weighted by Gasteiger charge is 2.01. The second kappa shape index (κ2) is 6.50. The van der Waals surface area contributed by atoms with E-state index in [0.29, 0.717) is 0 Å². The molecule has 0 aromatic carbocycles. The lowest BCUT2D eigenvalue weighted by Gasteiger charge is -2.04. The Morgan fingerprint density at radius 2 is 2.36 bits per heavy atom. The van der Waals surface area contributed by atoms with E-state index < -0.39 is 0 Å². The number of ether oxygens (including phenoxy) is 1. The van der Waals surface area contributed by atoms with Gasteiger partial charge in [-0.15, -0.1) is 0 Å². The maximum atomic E-state index is 4.98. The summed E-state index contributed by atoms with van der Waals surface area (Å²) in [5, 5.41) is 7.22. The molecule has 1 aromatic rings. The van der Waals surface area contributed by atoms with E-state index in [1.165, 1.54) is 0 Å². The van der Waals surface area contributed by atoms with Gasteiger partial charge in [-0.05, 0) is 19.9 Å². The lowest BCUT2D eigenvalue weighted by atomic mass is 10.3. The zero-order chi connectivity index (χ0) is 10.2. The van der Waals surface area contributed by atoms with Gasteiger partial charge in [-0.2, -0.15) is 5.10 Å². The Morgan fingerprint density at radius 1 is 1.50 bits per heavy atom. The summed E-state index contributed by atoms with van der Waals surface area (Å²) >= 11 is 0. The minimum Gasteiger partial charge on any atom is -0.385 e. The third-order valence-electron chi connectivity index (χ3n) is 2.00. The van der Waals surface area contributed by atoms with Crippen LogP contribution in [0.15, 0.2) is 6.33 Å². The van der Waals surface area contributed by atoms with Crippen molar-refractivity contribution in [1.29, 1.82) is 0 Å². The van der Waals surface area contributed by atoms with Gasteiger partial charge in [0.15, 0.2) is 0 Å². The Bertz CT molecular complexity index is 249. The zero-order valence-corrected chi connectivity index (χ0v) is 8.86. The van der Waals surface area contributed by atoms with E-state index >= 15 is 0 Å². The summed E-state index contributed by atoms with van der Waals surface area (Å²) in [4.78, 5) is 4.16. The SMILES string of the molecule is CNCc1ncnn1CCCCOC. The van der Waals surface area contributed by atoms with Crippen LogP contribution in [0, 0.1) is 0 Å². The number of nitrogens with one attached hydrogen (secondary N) is 1. The molecule has 0 unspecified atom stereocenters. The number of unbranched alkanes of at least 4 members (excludes halogenated alkanes) is 1. The number of rotatable bonds is 7. The van der Waals surface area contributed by atoms with Crippen LogP contribution in [0.3, 0.4) is 0 Å². The first-order valence-corrected chi connectivity index (χ1v) is 4.88. The molecule has 1 rings (SSSR count). The van der Waals surface area contributed by atoms with Crippen LogP contribution in [0.5, 0.6) is 0 Å². The summed E-state index contributed by atoms with van der Waals surface area (Å²) in [6, 6.07) is 0. The van der Waals surface area contributed by atoms with Gasteiger partial charge < -0.3 is 10.1 Å². The molecule has 0 atom stereocenters. The molecule has 0 saturated heterocycles. The molecule has 1 heterocycles. The summed E-state index contributed by atoms with van der Waals surface area (Å²) in [7, 11) is 3.63. The molecule has 1 N–H and O–H groups in total. The molecule has 14 heavy (non-hydrogen) atoms. The molecular weight excluding hydrogens is 180 g/mol. The predicted octanol–water partition coefficient (Wildman–Crippen LogP) is 0.424. The monoisotopic (exact) mass is 198 g/mol. The lowest BCUT2D eigenvalue weighted by molar-refractivity contribution is 0.190. The summed E-state index contributed by atoms with van der Waals surface area (Å²) in [5.41, 5.74) is 0. The predicted molar refractivity (Wildman–Crippen MR) is 53.9 cm³/mol. The van der Waals surface area contributed by atoms with Gasteiger partial charge in [0.1, 0.15) is 12.2 Å². The Hall–Kier alpha value is -0.940. The van der Waals surface area contributed by atoms with E-state index in [1.807, 2.05) is 11.7 Å². The van der Waals surface area contributed by atoms with Gasteiger partial charge in [0, 0.05) is 20.3 Å². The Balaban J connectivity index is 2.30. The number of methoxy groups -OCH3 is 1. The van der Waals surface area contributed by atoms with Crippen LogP contribution in [0.2, 0.25) is 0 Å². The highest BCUT2D eigenvalue weighted by Crippen LogP contribution is 1.98. The molecule has 0 aliphatic carbocycles. The van der Waals surface area contributed by atoms with Crippen molar-refractivity contribution < 1.29 is 4.74 Å². The van der Waals surface area contributed by atoms with E-state index in [4.69, 9.17) is 4.74 Å². The number of aromatic nitrogens is 3. The molecule has 0 spiro atoms. The van der Waals surface area contributed by atoms with Crippen LogP contribution < -0.4 is 5.32 Å². The summed E-state index contributed by atoms with van der Waals surface area (Å²) in [5.74, 6) is 0.991. The van der Waals surface area contributed by atoms with E-state index in [2.05, 4.69) is 15.4 Å². The molecule has 80 valence electrons. The fourth-order valence-corrected chi connectivity index (χ4v) is 1.28. The minimum absolute atomic E-state index is 0.768. The summed E-state index contributed by atoms with van der Waals surface area (Å²) in [6.45, 7) is 2.50. The van der Waals surface area contributed by atoms with Gasteiger partial charge in [0.05, 0.1) is 6.54 Å². The molecule has 0 fully saturated rings. The van der Waals surface area contributed by atoms with Crippen LogP contribution in [-0.4, -0.2) is 35.5 Å². The number of aryl methyl sites for hydroxylation is 1. The van der Waals surface area contributed by atoms with Crippen LogP contribution in [0.25, 0.3) is 0 Å². The molecule has 0 aliphatic heterocycles. The second-order valence-electron chi connectivity index (χ2n) is 3.13. The van der Waals surface area contributed by atoms with Crippen LogP contribution in [0.4, 0.5) is 0 Å². The average molecular weight is 198 g/mol. The molecule has 0 amide bonds. The van der Waals surface area contributed by atoms with Crippen LogP contribution >= 0.6 is 0 Å². The lowest BCUT2D eigenvalue weighted by Crippen LogP contribution is -2.13. The molecule has 5 nitrogen and oxygen atoms in total. The first kappa shape index (κ1) is 11.1. The normalized spacial score (nSPS) is 10.7. The topological polar surface area (TPSA) is 52.0 Å². The molecule has 0 aliphatic rings. The largest absolute Gasteiger partial charge is 0.385 e. The molecule has 1 aromatic heterocycles. The van der Waals surface area contributed by atoms with Crippen molar-refractivity contribution >= 4 is 0 Å². The second-order valence-corrected chi connectivity index (χ2v) is 3.13. The molecular formula is C9H18N4O. The van der Waals surface area contributed by atoms with E-state index in [0.717, 1.165) is 38.4 Å². The van der Waals surface area contributed by atoms with Gasteiger partial charge in [0.25, 0.3) is 0 Å². The van der Waals surface area contributed by atoms with E-state index in [-0.39, 0.29) is 0 Å². The Labute approximate surface area is 84.5 Å². The fourth-order valence-electron chi connectivity index (χ4n) is 1.28. The maximum absolute atomic E-state index is 4.98. The third kappa shape index (κ3) is 3.43. The summed E-state index contributed by atoms with van der Waals surface area (Å²) in [6.07, 6.45) is 3.74. The molecule has 0 saturated carbocycles. The first-order valence-electron chi connectivity index (χ1n) is 4.88. The fraction of sp³-hybridized carbons (Fsp3) is 0.778. The Kier molecular flexibility index (Phi) is 5.17. The van der Waals surface area contributed by atoms with Crippen molar-refractivity contribution in [2.75, 3.05) is 20.8 Å². The summed E-state index contributed by atoms with van der Waals surface area (Å²) < 4.78 is 6.92. The van der Waals surface area contributed by atoms with Crippen LogP contribution in [0.1, 0.15) is 18.7 Å². The van der Waals surface area contributed by atoms with Gasteiger partial charge in [-0.1, -0.05) is 0 Å². The van der Waals surface area contributed by atoms with Crippen molar-refractivity contribution in [2.24, 2.45) is 0 Å². The minimum atomic E-state index is 0.768. The first-order chi connectivity index (χ1) is 6.88. The smallest absolute Gasteiger partial charge is 0.140 e. The van der Waals surface area contributed by atoms with Crippen molar-refractivity contribution in [1.82, 2.24) is 20.1 Å². The van der Waals surface area contributed by atoms with Crippen molar-refractivity contribution in [2.45, 2.75) is 25.9 Å². The van der Waals surface area contributed by atoms with Gasteiger partial charge >= 0.3 is 0 Å². The Morgan fingerprint density at radius 3 is 3.07 bits per heavy atom. The highest BCUT2D eigenvalue weighted by molar-refractivity contribution is 4.82. The van der Waals surface area contributed by atoms with Crippen LogP contribution in [-0.2, 0) is 17.8 Å². The molecule has 0 radical (unpaired) electrons. The van der Waals surface area contributed by atoms with E-state index in [1.54, 1.807) is 13.4 Å². The average Bonchev–Trinajstić information content (AvgIpc) is 2.61. The molecule has 5 heteroatoms. The van der Waals surface area contributed by atoms with Crippen molar-refractivity contribution in [3.05, 3.63) is 12.2 Å². The highest BCUT2D eigenvalue weighted by atomic mass is 16.5. The third-order valence-corrected chi connectivity index (χ3v) is 2.00. The van der Waals surface area contributed by atoms with Gasteiger partial charge in [-0.3, -0.25) is 0 Å². The molecule has 0 bridgehead atoms. The number of nitrogens with zero attached hydrogens (tertiary/aromatic N) is 3. The van der Waals surface area contributed by atoms with Crippen molar-refractivity contribution in [3.63, 3.8) is 0 Å². The number of hydrogen-bond acceptors (Lipinski definition) is 4. The van der Waals surface area contributed by atoms with E-state index in [9.17, 15) is 0 Å². The number of hydrogen-bond donors (Lipinski definition) is 1.